The van der Waals surface area contributed by atoms with Crippen molar-refractivity contribution in [3.05, 3.63) is 53.6 Å². The van der Waals surface area contributed by atoms with Crippen molar-refractivity contribution >= 4 is 11.0 Å². The Bertz CT molecular complexity index is 907. The number of imidazole rings is 1. The van der Waals surface area contributed by atoms with E-state index in [-0.39, 0.29) is 0 Å². The van der Waals surface area contributed by atoms with Gasteiger partial charge in [0.1, 0.15) is 5.82 Å². The third kappa shape index (κ3) is 2.80. The standard InChI is InChI=1S/C18H15F2N3/c1-2-3-8-23-17-7-4-12(11-21)9-16(17)22-18(23)13-5-6-14(19)15(20)10-13/h4-7,9-10H,2-3,8H2,1H3. The van der Waals surface area contributed by atoms with Gasteiger partial charge in [-0.25, -0.2) is 13.8 Å². The minimum absolute atomic E-state index is 0.523. The van der Waals surface area contributed by atoms with E-state index in [1.807, 2.05) is 10.6 Å². The van der Waals surface area contributed by atoms with Crippen molar-refractivity contribution in [3.63, 3.8) is 0 Å². The molecule has 116 valence electrons. The SMILES string of the molecule is CCCCn1c(-c2ccc(F)c(F)c2)nc2cc(C#N)ccc21. The summed E-state index contributed by atoms with van der Waals surface area (Å²) in [5.74, 6) is -1.19. The van der Waals surface area contributed by atoms with Crippen LogP contribution in [0.2, 0.25) is 0 Å². The number of unbranched alkanes of at least 4 members (excludes halogenated alkanes) is 1. The smallest absolute Gasteiger partial charge is 0.159 e. The van der Waals surface area contributed by atoms with Crippen LogP contribution in [0.4, 0.5) is 8.78 Å². The molecule has 5 heteroatoms. The molecule has 0 radical (unpaired) electrons. The van der Waals surface area contributed by atoms with Crippen molar-refractivity contribution in [2.75, 3.05) is 0 Å². The lowest BCUT2D eigenvalue weighted by atomic mass is 10.2. The van der Waals surface area contributed by atoms with Crippen LogP contribution in [-0.4, -0.2) is 9.55 Å². The number of nitrogens with zero attached hydrogens (tertiary/aromatic N) is 3. The first-order valence-electron chi connectivity index (χ1n) is 7.50. The fourth-order valence-corrected chi connectivity index (χ4v) is 2.60. The van der Waals surface area contributed by atoms with Crippen LogP contribution in [0.15, 0.2) is 36.4 Å². The van der Waals surface area contributed by atoms with E-state index in [4.69, 9.17) is 5.26 Å². The van der Waals surface area contributed by atoms with Crippen LogP contribution in [-0.2, 0) is 6.54 Å². The van der Waals surface area contributed by atoms with Crippen LogP contribution in [0, 0.1) is 23.0 Å². The Morgan fingerprint density at radius 1 is 1.13 bits per heavy atom. The molecule has 0 bridgehead atoms. The Morgan fingerprint density at radius 3 is 2.65 bits per heavy atom. The lowest BCUT2D eigenvalue weighted by Gasteiger charge is -2.09. The molecule has 0 amide bonds. The zero-order valence-corrected chi connectivity index (χ0v) is 12.7. The molecule has 1 aromatic heterocycles. The van der Waals surface area contributed by atoms with Gasteiger partial charge in [0, 0.05) is 12.1 Å². The van der Waals surface area contributed by atoms with Crippen molar-refractivity contribution in [2.24, 2.45) is 0 Å². The number of nitriles is 1. The van der Waals surface area contributed by atoms with Gasteiger partial charge >= 0.3 is 0 Å². The minimum atomic E-state index is -0.894. The number of halogens is 2. The molecule has 3 nitrogen and oxygen atoms in total. The monoisotopic (exact) mass is 311 g/mol. The molecule has 0 spiro atoms. The van der Waals surface area contributed by atoms with E-state index < -0.39 is 11.6 Å². The maximum absolute atomic E-state index is 13.6. The second kappa shape index (κ2) is 6.17. The Labute approximate surface area is 132 Å². The quantitative estimate of drug-likeness (QED) is 0.703. The first kappa shape index (κ1) is 15.2. The van der Waals surface area contributed by atoms with Gasteiger partial charge in [0.2, 0.25) is 0 Å². The van der Waals surface area contributed by atoms with Crippen LogP contribution in [0.3, 0.4) is 0 Å². The van der Waals surface area contributed by atoms with Crippen LogP contribution in [0.1, 0.15) is 25.3 Å². The third-order valence-electron chi connectivity index (χ3n) is 3.79. The zero-order chi connectivity index (χ0) is 16.4. The normalized spacial score (nSPS) is 10.9. The van der Waals surface area contributed by atoms with Crippen LogP contribution >= 0.6 is 0 Å². The molecule has 0 aliphatic carbocycles. The van der Waals surface area contributed by atoms with Gasteiger partial charge in [-0.1, -0.05) is 13.3 Å². The highest BCUT2D eigenvalue weighted by atomic mass is 19.2. The lowest BCUT2D eigenvalue weighted by molar-refractivity contribution is 0.509. The molecule has 23 heavy (non-hydrogen) atoms. The molecule has 0 atom stereocenters. The van der Waals surface area contributed by atoms with E-state index in [1.54, 1.807) is 12.1 Å². The Hall–Kier alpha value is -2.74. The summed E-state index contributed by atoms with van der Waals surface area (Å²) in [5.41, 5.74) is 2.61. The van der Waals surface area contributed by atoms with E-state index in [1.165, 1.54) is 6.07 Å². The highest BCUT2D eigenvalue weighted by Gasteiger charge is 2.14. The summed E-state index contributed by atoms with van der Waals surface area (Å²) in [4.78, 5) is 4.54. The van der Waals surface area contributed by atoms with Gasteiger partial charge < -0.3 is 4.57 Å². The second-order valence-electron chi connectivity index (χ2n) is 5.38. The average Bonchev–Trinajstić information content (AvgIpc) is 2.93. The van der Waals surface area contributed by atoms with Gasteiger partial charge in [0.25, 0.3) is 0 Å². The fourth-order valence-electron chi connectivity index (χ4n) is 2.60. The number of benzene rings is 2. The number of hydrogen-bond acceptors (Lipinski definition) is 2. The maximum Gasteiger partial charge on any atom is 0.159 e. The van der Waals surface area contributed by atoms with Crippen LogP contribution < -0.4 is 0 Å². The van der Waals surface area contributed by atoms with Crippen molar-refractivity contribution in [2.45, 2.75) is 26.3 Å². The molecule has 0 saturated heterocycles. The molecular formula is C18H15F2N3. The molecule has 0 aliphatic heterocycles. The van der Waals surface area contributed by atoms with Crippen molar-refractivity contribution in [1.29, 1.82) is 5.26 Å². The van der Waals surface area contributed by atoms with Gasteiger partial charge in [0.15, 0.2) is 11.6 Å². The van der Waals surface area contributed by atoms with Gasteiger partial charge in [-0.2, -0.15) is 5.26 Å². The summed E-state index contributed by atoms with van der Waals surface area (Å²) < 4.78 is 28.7. The van der Waals surface area contributed by atoms with Gasteiger partial charge in [-0.3, -0.25) is 0 Å². The third-order valence-corrected chi connectivity index (χ3v) is 3.79. The molecule has 2 aromatic carbocycles. The van der Waals surface area contributed by atoms with E-state index in [0.717, 1.165) is 37.0 Å². The van der Waals surface area contributed by atoms with Crippen LogP contribution in [0.25, 0.3) is 22.4 Å². The van der Waals surface area contributed by atoms with Crippen molar-refractivity contribution in [1.82, 2.24) is 9.55 Å². The molecule has 0 saturated carbocycles. The molecule has 3 aromatic rings. The van der Waals surface area contributed by atoms with Crippen LogP contribution in [0.5, 0.6) is 0 Å². The predicted octanol–water partition coefficient (Wildman–Crippen LogP) is 4.65. The number of rotatable bonds is 4. The Kier molecular flexibility index (Phi) is 4.07. The van der Waals surface area contributed by atoms with Gasteiger partial charge in [0.05, 0.1) is 22.7 Å². The summed E-state index contributed by atoms with van der Waals surface area (Å²) in [7, 11) is 0. The minimum Gasteiger partial charge on any atom is -0.324 e. The highest BCUT2D eigenvalue weighted by molar-refractivity contribution is 5.82. The second-order valence-corrected chi connectivity index (χ2v) is 5.38. The van der Waals surface area contributed by atoms with Gasteiger partial charge in [-0.15, -0.1) is 0 Å². The largest absolute Gasteiger partial charge is 0.324 e. The summed E-state index contributed by atoms with van der Waals surface area (Å²) in [5, 5.41) is 9.02. The number of fused-ring (bicyclic) bond motifs is 1. The van der Waals surface area contributed by atoms with E-state index in [0.29, 0.717) is 22.5 Å². The number of aryl methyl sites for hydroxylation is 1. The topological polar surface area (TPSA) is 41.6 Å². The highest BCUT2D eigenvalue weighted by Crippen LogP contribution is 2.27. The fraction of sp³-hybridized carbons (Fsp3) is 0.222. The maximum atomic E-state index is 13.6. The molecule has 0 aliphatic rings. The summed E-state index contributed by atoms with van der Waals surface area (Å²) in [6, 6.07) is 11.2. The van der Waals surface area contributed by atoms with Crippen molar-refractivity contribution < 1.29 is 8.78 Å². The van der Waals surface area contributed by atoms with E-state index >= 15 is 0 Å². The van der Waals surface area contributed by atoms with Gasteiger partial charge in [-0.05, 0) is 42.8 Å². The lowest BCUT2D eigenvalue weighted by Crippen LogP contribution is -2.01. The Morgan fingerprint density at radius 2 is 1.96 bits per heavy atom. The molecule has 0 unspecified atom stereocenters. The molecule has 3 rings (SSSR count). The molecule has 0 N–H and O–H groups in total. The molecular weight excluding hydrogens is 296 g/mol. The summed E-state index contributed by atoms with van der Waals surface area (Å²) in [6.07, 6.45) is 1.95. The first-order valence-corrected chi connectivity index (χ1v) is 7.50. The zero-order valence-electron chi connectivity index (χ0n) is 12.7. The Balaban J connectivity index is 2.21. The predicted molar refractivity (Wildman–Crippen MR) is 84.7 cm³/mol. The average molecular weight is 311 g/mol. The number of hydrogen-bond donors (Lipinski definition) is 0. The number of aromatic nitrogens is 2. The first-order chi connectivity index (χ1) is 11.1. The molecule has 1 heterocycles. The van der Waals surface area contributed by atoms with Crippen molar-refractivity contribution in [3.8, 4) is 17.5 Å². The van der Waals surface area contributed by atoms with E-state index in [2.05, 4.69) is 18.0 Å². The van der Waals surface area contributed by atoms with E-state index in [9.17, 15) is 8.78 Å². The summed E-state index contributed by atoms with van der Waals surface area (Å²) in [6.45, 7) is 2.82. The summed E-state index contributed by atoms with van der Waals surface area (Å²) >= 11 is 0. The molecule has 0 fully saturated rings.